The van der Waals surface area contributed by atoms with Gasteiger partial charge in [0.2, 0.25) is 17.7 Å². The Hall–Kier alpha value is -4.39. The first kappa shape index (κ1) is 40.8. The number of rotatable bonds is 16. The van der Waals surface area contributed by atoms with Crippen LogP contribution in [0.15, 0.2) is 42.1 Å². The van der Waals surface area contributed by atoms with Gasteiger partial charge in [0, 0.05) is 48.7 Å². The van der Waals surface area contributed by atoms with E-state index < -0.39 is 46.9 Å². The van der Waals surface area contributed by atoms with Crippen LogP contribution in [0.5, 0.6) is 0 Å². The highest BCUT2D eigenvalue weighted by molar-refractivity contribution is 5.96. The number of carboxylic acids is 1. The zero-order valence-corrected chi connectivity index (χ0v) is 31.0. The lowest BCUT2D eigenvalue weighted by Gasteiger charge is -2.39. The van der Waals surface area contributed by atoms with Gasteiger partial charge in [-0.3, -0.25) is 19.8 Å². The zero-order valence-electron chi connectivity index (χ0n) is 31.0. The van der Waals surface area contributed by atoms with Crippen LogP contribution in [0.3, 0.4) is 0 Å². The Morgan fingerprint density at radius 1 is 1.06 bits per heavy atom. The Labute approximate surface area is 290 Å². The number of aliphatic carboxylic acids is 1. The number of carbonyl (C=O) groups is 4. The van der Waals surface area contributed by atoms with Crippen LogP contribution in [0.2, 0.25) is 0 Å². The van der Waals surface area contributed by atoms with Crippen molar-refractivity contribution < 1.29 is 24.3 Å². The molecule has 1 heterocycles. The van der Waals surface area contributed by atoms with Gasteiger partial charge in [-0.2, -0.15) is 0 Å². The summed E-state index contributed by atoms with van der Waals surface area (Å²) in [7, 11) is 5.37. The quantitative estimate of drug-likeness (QED) is 0.0608. The van der Waals surface area contributed by atoms with Crippen molar-refractivity contribution in [2.24, 2.45) is 24.1 Å². The van der Waals surface area contributed by atoms with Gasteiger partial charge in [0.15, 0.2) is 5.96 Å². The minimum absolute atomic E-state index is 0.115. The van der Waals surface area contributed by atoms with Crippen LogP contribution in [0.1, 0.15) is 73.8 Å². The highest BCUT2D eigenvalue weighted by atomic mass is 16.4. The third-order valence-corrected chi connectivity index (χ3v) is 9.11. The summed E-state index contributed by atoms with van der Waals surface area (Å²) in [5, 5.41) is 29.4. The van der Waals surface area contributed by atoms with Gasteiger partial charge < -0.3 is 41.6 Å². The predicted octanol–water partition coefficient (Wildman–Crippen LogP) is 2.84. The molecular formula is C36H58N8O5. The predicted molar refractivity (Wildman–Crippen MR) is 194 cm³/mol. The molecule has 49 heavy (non-hydrogen) atoms. The van der Waals surface area contributed by atoms with Gasteiger partial charge in [0.25, 0.3) is 0 Å². The maximum Gasteiger partial charge on any atom is 0.326 e. The Balaban J connectivity index is 2.32. The second kappa shape index (κ2) is 16.8. The fraction of sp³-hybridized carbons (Fsp3) is 0.583. The number of likely N-dealkylation sites (N-methyl/N-ethyl adjacent to an activating group) is 2. The second-order valence-electron chi connectivity index (χ2n) is 14.8. The van der Waals surface area contributed by atoms with Crippen LogP contribution in [-0.2, 0) is 31.6 Å². The van der Waals surface area contributed by atoms with Gasteiger partial charge in [-0.1, -0.05) is 72.7 Å². The van der Waals surface area contributed by atoms with Crippen LogP contribution in [0.4, 0.5) is 0 Å². The van der Waals surface area contributed by atoms with Crippen molar-refractivity contribution in [1.29, 1.82) is 5.41 Å². The SMILES string of the molecule is CN[C@H](C(=O)N[C@H](C(=O)N(C)[C@H](/C=C(\C)C(=O)N[C@@H](CCCNC(=N)N)C(=O)O)C(C)C)C(C)(C)C)C(C)(C)c1cn(C)c2ccccc12. The summed E-state index contributed by atoms with van der Waals surface area (Å²) in [5.74, 6) is -2.70. The number of aryl methyl sites for hydroxylation is 1. The Kier molecular flexibility index (Phi) is 14.0. The largest absolute Gasteiger partial charge is 0.480 e. The molecule has 0 bridgehead atoms. The third kappa shape index (κ3) is 10.3. The second-order valence-corrected chi connectivity index (χ2v) is 14.8. The number of fused-ring (bicyclic) bond motifs is 1. The molecule has 0 radical (unpaired) electrons. The fourth-order valence-electron chi connectivity index (χ4n) is 6.20. The Morgan fingerprint density at radius 3 is 2.20 bits per heavy atom. The Bertz CT molecular complexity index is 1540. The number of nitrogens with zero attached hydrogens (tertiary/aromatic N) is 2. The number of para-hydroxylation sites is 1. The average Bonchev–Trinajstić information content (AvgIpc) is 3.35. The van der Waals surface area contributed by atoms with E-state index in [-0.39, 0.29) is 35.7 Å². The lowest BCUT2D eigenvalue weighted by Crippen LogP contribution is -2.61. The van der Waals surface area contributed by atoms with Crippen molar-refractivity contribution in [3.05, 3.63) is 47.7 Å². The summed E-state index contributed by atoms with van der Waals surface area (Å²) < 4.78 is 2.05. The molecule has 0 aliphatic heterocycles. The topological polar surface area (TPSA) is 195 Å². The number of benzene rings is 1. The van der Waals surface area contributed by atoms with E-state index >= 15 is 0 Å². The molecule has 0 fully saturated rings. The summed E-state index contributed by atoms with van der Waals surface area (Å²) in [6.45, 7) is 15.4. The lowest BCUT2D eigenvalue weighted by atomic mass is 9.76. The van der Waals surface area contributed by atoms with Gasteiger partial charge in [0.1, 0.15) is 12.1 Å². The number of carbonyl (C=O) groups excluding carboxylic acids is 3. The van der Waals surface area contributed by atoms with Crippen LogP contribution in [0.25, 0.3) is 10.9 Å². The molecule has 4 atom stereocenters. The van der Waals surface area contributed by atoms with E-state index in [1.165, 1.54) is 0 Å². The number of carboxylic acid groups (broad SMARTS) is 1. The molecule has 0 saturated carbocycles. The maximum atomic E-state index is 14.2. The van der Waals surface area contributed by atoms with E-state index in [2.05, 4.69) is 21.3 Å². The van der Waals surface area contributed by atoms with E-state index in [9.17, 15) is 24.3 Å². The monoisotopic (exact) mass is 682 g/mol. The highest BCUT2D eigenvalue weighted by Crippen LogP contribution is 2.35. The number of aromatic nitrogens is 1. The summed E-state index contributed by atoms with van der Waals surface area (Å²) >= 11 is 0. The van der Waals surface area contributed by atoms with Crippen molar-refractivity contribution >= 4 is 40.6 Å². The smallest absolute Gasteiger partial charge is 0.326 e. The summed E-state index contributed by atoms with van der Waals surface area (Å²) in [4.78, 5) is 54.8. The molecule has 272 valence electrons. The van der Waals surface area contributed by atoms with Crippen LogP contribution in [-0.4, -0.2) is 89.0 Å². The lowest BCUT2D eigenvalue weighted by molar-refractivity contribution is -0.141. The summed E-state index contributed by atoms with van der Waals surface area (Å²) in [6.07, 6.45) is 4.22. The molecule has 1 aromatic heterocycles. The summed E-state index contributed by atoms with van der Waals surface area (Å²) in [6, 6.07) is 4.81. The molecule has 13 heteroatoms. The number of nitrogens with one attached hydrogen (secondary N) is 5. The van der Waals surface area contributed by atoms with Crippen molar-refractivity contribution in [3.63, 3.8) is 0 Å². The summed E-state index contributed by atoms with van der Waals surface area (Å²) in [5.41, 5.74) is 6.29. The number of amides is 3. The van der Waals surface area contributed by atoms with Crippen molar-refractivity contribution in [2.75, 3.05) is 20.6 Å². The molecule has 0 aliphatic rings. The molecule has 3 amide bonds. The number of guanidine groups is 1. The van der Waals surface area contributed by atoms with Crippen LogP contribution in [0, 0.1) is 16.7 Å². The standard InChI is InChI=1S/C36H58N8O5/c1-21(2)27(19-22(3)30(45)41-25(33(48)49)16-14-18-40-34(37)38)44(11)32(47)29(35(4,5)6)42-31(46)28(39-9)36(7,8)24-20-43(10)26-17-13-12-15-23(24)26/h12-13,15,17,19-21,25,27-29,39H,14,16,18H2,1-11H3,(H,41,45)(H,42,46)(H,48,49)(H4,37,38,40)/b22-19+/t25-,27+,28+,29+/m0/s1. The van der Waals surface area contributed by atoms with Gasteiger partial charge in [-0.15, -0.1) is 0 Å². The van der Waals surface area contributed by atoms with Gasteiger partial charge in [0.05, 0.1) is 12.1 Å². The first-order chi connectivity index (χ1) is 22.6. The molecule has 2 aromatic rings. The molecule has 0 aliphatic carbocycles. The van der Waals surface area contributed by atoms with E-state index in [4.69, 9.17) is 11.1 Å². The first-order valence-electron chi connectivity index (χ1n) is 16.7. The van der Waals surface area contributed by atoms with Gasteiger partial charge in [-0.05, 0) is 49.8 Å². The molecule has 0 spiro atoms. The average molecular weight is 683 g/mol. The van der Waals surface area contributed by atoms with E-state index in [1.54, 1.807) is 32.0 Å². The normalized spacial score (nSPS) is 14.9. The van der Waals surface area contributed by atoms with Crippen LogP contribution < -0.4 is 27.0 Å². The molecule has 1 aromatic carbocycles. The molecular weight excluding hydrogens is 624 g/mol. The number of hydrogen-bond acceptors (Lipinski definition) is 6. The van der Waals surface area contributed by atoms with E-state index in [0.29, 0.717) is 13.0 Å². The van der Waals surface area contributed by atoms with Crippen molar-refractivity contribution in [2.45, 2.75) is 97.8 Å². The van der Waals surface area contributed by atoms with Crippen LogP contribution >= 0.6 is 0 Å². The number of hydrogen-bond donors (Lipinski definition) is 7. The zero-order chi connectivity index (χ0) is 37.4. The van der Waals surface area contributed by atoms with E-state index in [0.717, 1.165) is 16.5 Å². The molecule has 0 saturated heterocycles. The van der Waals surface area contributed by atoms with Crippen molar-refractivity contribution in [3.8, 4) is 0 Å². The van der Waals surface area contributed by atoms with Gasteiger partial charge >= 0.3 is 5.97 Å². The molecule has 13 nitrogen and oxygen atoms in total. The first-order valence-corrected chi connectivity index (χ1v) is 16.7. The number of nitrogens with two attached hydrogens (primary N) is 1. The van der Waals surface area contributed by atoms with E-state index in [1.807, 2.05) is 90.5 Å². The third-order valence-electron chi connectivity index (χ3n) is 9.11. The minimum atomic E-state index is -1.18. The molecule has 2 rings (SSSR count). The minimum Gasteiger partial charge on any atom is -0.480 e. The molecule has 8 N–H and O–H groups in total. The Morgan fingerprint density at radius 2 is 1.67 bits per heavy atom. The van der Waals surface area contributed by atoms with Crippen molar-refractivity contribution in [1.82, 2.24) is 30.7 Å². The molecule has 0 unspecified atom stereocenters. The fourth-order valence-corrected chi connectivity index (χ4v) is 6.20. The van der Waals surface area contributed by atoms with Gasteiger partial charge in [-0.25, -0.2) is 4.79 Å². The highest BCUT2D eigenvalue weighted by Gasteiger charge is 2.42. The maximum absolute atomic E-state index is 14.2.